The Bertz CT molecular complexity index is 455. The molecule has 1 N–H and O–H groups in total. The monoisotopic (exact) mass is 472 g/mol. The van der Waals surface area contributed by atoms with Crippen molar-refractivity contribution in [3.63, 3.8) is 0 Å². The molecule has 1 aromatic carbocycles. The fraction of sp³-hybridized carbons (Fsp3) is 0.500. The number of nitrogens with zero attached hydrogens (tertiary/aromatic N) is 1. The fourth-order valence-corrected chi connectivity index (χ4v) is 2.87. The number of halogens is 7. The summed E-state index contributed by atoms with van der Waals surface area (Å²) in [6.45, 7) is 1.98. The van der Waals surface area contributed by atoms with E-state index in [9.17, 15) is 13.2 Å². The first-order chi connectivity index (χ1) is 8.89. The first-order valence-electron chi connectivity index (χ1n) is 5.86. The number of hydrogen-bond acceptors (Lipinski definition) is 2. The van der Waals surface area contributed by atoms with Crippen molar-refractivity contribution >= 4 is 56.7 Å². The SMILES string of the molecule is Cl.Cl.FC(F)(F)[C@H](c1ccc(Br)c(Br)c1)N1CCNCC1. The number of rotatable bonds is 2. The number of alkyl halides is 3. The third-order valence-corrected chi connectivity index (χ3v) is 4.97. The Morgan fingerprint density at radius 2 is 1.62 bits per heavy atom. The van der Waals surface area contributed by atoms with Crippen LogP contribution >= 0.6 is 56.7 Å². The quantitative estimate of drug-likeness (QED) is 0.676. The highest BCUT2D eigenvalue weighted by Crippen LogP contribution is 2.39. The van der Waals surface area contributed by atoms with Crippen LogP contribution in [-0.2, 0) is 0 Å². The molecule has 9 heteroatoms. The number of nitrogens with one attached hydrogen (secondary N) is 1. The molecule has 0 bridgehead atoms. The lowest BCUT2D eigenvalue weighted by Gasteiger charge is -2.36. The van der Waals surface area contributed by atoms with Gasteiger partial charge in [-0.05, 0) is 49.6 Å². The molecule has 0 aliphatic carbocycles. The maximum atomic E-state index is 13.3. The predicted molar refractivity (Wildman–Crippen MR) is 89.6 cm³/mol. The van der Waals surface area contributed by atoms with E-state index in [1.165, 1.54) is 17.0 Å². The molecule has 0 amide bonds. The van der Waals surface area contributed by atoms with Gasteiger partial charge in [0.25, 0.3) is 0 Å². The van der Waals surface area contributed by atoms with Crippen LogP contribution in [-0.4, -0.2) is 37.3 Å². The number of piperazine rings is 1. The van der Waals surface area contributed by atoms with Crippen LogP contribution in [0.2, 0.25) is 0 Å². The van der Waals surface area contributed by atoms with Gasteiger partial charge in [0.15, 0.2) is 0 Å². The van der Waals surface area contributed by atoms with E-state index in [-0.39, 0.29) is 30.4 Å². The smallest absolute Gasteiger partial charge is 0.314 e. The van der Waals surface area contributed by atoms with Crippen molar-refractivity contribution in [3.05, 3.63) is 32.7 Å². The van der Waals surface area contributed by atoms with Crippen LogP contribution < -0.4 is 5.32 Å². The summed E-state index contributed by atoms with van der Waals surface area (Å²) in [5, 5.41) is 3.07. The predicted octanol–water partition coefficient (Wildman–Crippen LogP) is 4.56. The molecule has 0 unspecified atom stereocenters. The van der Waals surface area contributed by atoms with E-state index in [0.717, 1.165) is 4.47 Å². The van der Waals surface area contributed by atoms with Crippen molar-refractivity contribution < 1.29 is 13.2 Å². The molecule has 122 valence electrons. The first-order valence-corrected chi connectivity index (χ1v) is 7.44. The summed E-state index contributed by atoms with van der Waals surface area (Å²) in [4.78, 5) is 1.48. The van der Waals surface area contributed by atoms with E-state index >= 15 is 0 Å². The molecule has 0 spiro atoms. The molecule has 1 heterocycles. The molecule has 2 rings (SSSR count). The van der Waals surface area contributed by atoms with Crippen molar-refractivity contribution in [1.29, 1.82) is 0 Å². The summed E-state index contributed by atoms with van der Waals surface area (Å²) in [5.74, 6) is 0. The first kappa shape index (κ1) is 21.5. The van der Waals surface area contributed by atoms with Gasteiger partial charge in [0.05, 0.1) is 0 Å². The Morgan fingerprint density at radius 1 is 1.05 bits per heavy atom. The van der Waals surface area contributed by atoms with Gasteiger partial charge >= 0.3 is 6.18 Å². The lowest BCUT2D eigenvalue weighted by Crippen LogP contribution is -2.49. The molecule has 0 saturated carbocycles. The van der Waals surface area contributed by atoms with E-state index in [1.54, 1.807) is 6.07 Å². The van der Waals surface area contributed by atoms with E-state index < -0.39 is 12.2 Å². The standard InChI is InChI=1S/C12H13Br2F3N2.2ClH/c13-9-2-1-8(7-10(9)14)11(12(15,16)17)19-5-3-18-4-6-19;;/h1-2,7,11,18H,3-6H2;2*1H/t11-;;/m0../s1. The zero-order valence-corrected chi connectivity index (χ0v) is 15.6. The molecule has 1 aliphatic heterocycles. The molecular weight excluding hydrogens is 460 g/mol. The van der Waals surface area contributed by atoms with Gasteiger partial charge in [-0.3, -0.25) is 4.90 Å². The molecule has 21 heavy (non-hydrogen) atoms. The Balaban J connectivity index is 0.00000200. The van der Waals surface area contributed by atoms with E-state index in [1.807, 2.05) is 0 Å². The number of benzene rings is 1. The zero-order valence-electron chi connectivity index (χ0n) is 10.8. The lowest BCUT2D eigenvalue weighted by atomic mass is 10.0. The van der Waals surface area contributed by atoms with Crippen LogP contribution in [0.3, 0.4) is 0 Å². The molecule has 1 fully saturated rings. The average molecular weight is 475 g/mol. The minimum atomic E-state index is -4.27. The fourth-order valence-electron chi connectivity index (χ4n) is 2.23. The van der Waals surface area contributed by atoms with Crippen LogP contribution in [0.4, 0.5) is 13.2 Å². The maximum absolute atomic E-state index is 13.3. The molecule has 0 radical (unpaired) electrons. The number of hydrogen-bond donors (Lipinski definition) is 1. The molecule has 1 atom stereocenters. The highest BCUT2D eigenvalue weighted by molar-refractivity contribution is 9.13. The van der Waals surface area contributed by atoms with Crippen molar-refractivity contribution in [2.75, 3.05) is 26.2 Å². The Kier molecular flexibility index (Phi) is 9.13. The molecule has 2 nitrogen and oxygen atoms in total. The van der Waals surface area contributed by atoms with Crippen molar-refractivity contribution in [1.82, 2.24) is 10.2 Å². The van der Waals surface area contributed by atoms with Crippen LogP contribution in [0.1, 0.15) is 11.6 Å². The Labute approximate surface area is 150 Å². The molecular formula is C12H15Br2Cl2F3N2. The topological polar surface area (TPSA) is 15.3 Å². The summed E-state index contributed by atoms with van der Waals surface area (Å²) >= 11 is 6.53. The molecule has 1 aromatic rings. The lowest BCUT2D eigenvalue weighted by molar-refractivity contribution is -0.187. The Morgan fingerprint density at radius 3 is 2.10 bits per heavy atom. The second-order valence-corrected chi connectivity index (χ2v) is 6.11. The summed E-state index contributed by atoms with van der Waals surface area (Å²) < 4.78 is 41.4. The van der Waals surface area contributed by atoms with Gasteiger partial charge in [-0.15, -0.1) is 24.8 Å². The van der Waals surface area contributed by atoms with Gasteiger partial charge in [-0.1, -0.05) is 6.07 Å². The molecule has 1 saturated heterocycles. The Hall–Kier alpha value is 0.470. The summed E-state index contributed by atoms with van der Waals surface area (Å²) in [6.07, 6.45) is -4.27. The minimum absolute atomic E-state index is 0. The van der Waals surface area contributed by atoms with E-state index in [0.29, 0.717) is 30.7 Å². The van der Waals surface area contributed by atoms with Gasteiger partial charge in [0.2, 0.25) is 0 Å². The highest BCUT2D eigenvalue weighted by atomic mass is 79.9. The van der Waals surface area contributed by atoms with Crippen molar-refractivity contribution in [2.24, 2.45) is 0 Å². The highest BCUT2D eigenvalue weighted by Gasteiger charge is 2.44. The zero-order chi connectivity index (χ0) is 14.0. The molecule has 0 aromatic heterocycles. The van der Waals surface area contributed by atoms with Crippen LogP contribution in [0.15, 0.2) is 27.1 Å². The van der Waals surface area contributed by atoms with Gasteiger partial charge in [-0.25, -0.2) is 0 Å². The largest absolute Gasteiger partial charge is 0.408 e. The van der Waals surface area contributed by atoms with E-state index in [4.69, 9.17) is 0 Å². The third kappa shape index (κ3) is 5.55. The average Bonchev–Trinajstić information content (AvgIpc) is 2.34. The van der Waals surface area contributed by atoms with Crippen molar-refractivity contribution in [3.8, 4) is 0 Å². The van der Waals surface area contributed by atoms with Gasteiger partial charge in [0, 0.05) is 35.1 Å². The maximum Gasteiger partial charge on any atom is 0.408 e. The van der Waals surface area contributed by atoms with Crippen LogP contribution in [0, 0.1) is 0 Å². The summed E-state index contributed by atoms with van der Waals surface area (Å²) in [7, 11) is 0. The minimum Gasteiger partial charge on any atom is -0.314 e. The van der Waals surface area contributed by atoms with Gasteiger partial charge < -0.3 is 5.32 Å². The van der Waals surface area contributed by atoms with Crippen molar-refractivity contribution in [2.45, 2.75) is 12.2 Å². The van der Waals surface area contributed by atoms with Gasteiger partial charge in [0.1, 0.15) is 6.04 Å². The normalized spacial score (nSPS) is 17.6. The third-order valence-electron chi connectivity index (χ3n) is 3.09. The van der Waals surface area contributed by atoms with Gasteiger partial charge in [-0.2, -0.15) is 13.2 Å². The second-order valence-electron chi connectivity index (χ2n) is 4.40. The summed E-state index contributed by atoms with van der Waals surface area (Å²) in [5.41, 5.74) is 0.268. The molecule has 1 aliphatic rings. The van der Waals surface area contributed by atoms with Crippen LogP contribution in [0.25, 0.3) is 0 Å². The van der Waals surface area contributed by atoms with Crippen LogP contribution in [0.5, 0.6) is 0 Å². The second kappa shape index (κ2) is 8.93. The van der Waals surface area contributed by atoms with E-state index in [2.05, 4.69) is 37.2 Å². The summed E-state index contributed by atoms with van der Waals surface area (Å²) in [6, 6.07) is 3.15.